The molecule has 0 fully saturated rings. The molecule has 2 unspecified atom stereocenters. The highest BCUT2D eigenvalue weighted by atomic mass is 16.1. The average molecular weight is 183 g/mol. The highest BCUT2D eigenvalue weighted by Gasteiger charge is 2.22. The van der Waals surface area contributed by atoms with Crippen molar-refractivity contribution in [3.05, 3.63) is 12.7 Å². The number of hydrogen-bond acceptors (Lipinski definition) is 4. The fraction of sp³-hybridized carbons (Fsp3) is 0.571. The van der Waals surface area contributed by atoms with Crippen LogP contribution in [0.25, 0.3) is 0 Å². The number of likely N-dealkylation sites (N-methyl/N-ethyl adjacent to an activating group) is 1. The fourth-order valence-electron chi connectivity index (χ4n) is 1.20. The van der Waals surface area contributed by atoms with Crippen molar-refractivity contribution in [2.24, 2.45) is 5.73 Å². The van der Waals surface area contributed by atoms with Crippen LogP contribution < -0.4 is 11.1 Å². The zero-order chi connectivity index (χ0) is 9.84. The second-order valence-electron chi connectivity index (χ2n) is 2.78. The van der Waals surface area contributed by atoms with Gasteiger partial charge in [-0.1, -0.05) is 0 Å². The summed E-state index contributed by atoms with van der Waals surface area (Å²) < 4.78 is 1.59. The van der Waals surface area contributed by atoms with Crippen LogP contribution in [-0.4, -0.2) is 33.8 Å². The highest BCUT2D eigenvalue weighted by Crippen LogP contribution is 2.07. The van der Waals surface area contributed by atoms with Crippen LogP contribution in [-0.2, 0) is 4.79 Å². The van der Waals surface area contributed by atoms with Gasteiger partial charge in [0.1, 0.15) is 18.7 Å². The van der Waals surface area contributed by atoms with Gasteiger partial charge in [0.05, 0.1) is 6.04 Å². The minimum Gasteiger partial charge on any atom is -0.368 e. The molecular weight excluding hydrogens is 170 g/mol. The topological polar surface area (TPSA) is 85.8 Å². The Balaban J connectivity index is 2.76. The smallest absolute Gasteiger partial charge is 0.236 e. The largest absolute Gasteiger partial charge is 0.368 e. The maximum Gasteiger partial charge on any atom is 0.236 e. The van der Waals surface area contributed by atoms with E-state index in [9.17, 15) is 4.79 Å². The van der Waals surface area contributed by atoms with Crippen LogP contribution in [0.3, 0.4) is 0 Å². The molecular formula is C7H13N5O. The van der Waals surface area contributed by atoms with Crippen LogP contribution in [0, 0.1) is 0 Å². The predicted octanol–water partition coefficient (Wildman–Crippen LogP) is -1.09. The van der Waals surface area contributed by atoms with E-state index in [1.54, 1.807) is 18.1 Å². The monoisotopic (exact) mass is 183 g/mol. The van der Waals surface area contributed by atoms with Crippen molar-refractivity contribution < 1.29 is 4.79 Å². The quantitative estimate of drug-likeness (QED) is 0.621. The number of nitrogens with one attached hydrogen (secondary N) is 1. The Kier molecular flexibility index (Phi) is 2.97. The Morgan fingerprint density at radius 3 is 2.77 bits per heavy atom. The summed E-state index contributed by atoms with van der Waals surface area (Å²) in [4.78, 5) is 14.8. The number of hydrogen-bond donors (Lipinski definition) is 2. The molecule has 1 rings (SSSR count). The number of primary amides is 1. The number of nitrogens with two attached hydrogens (primary N) is 1. The molecule has 1 heterocycles. The van der Waals surface area contributed by atoms with Crippen molar-refractivity contribution in [2.75, 3.05) is 7.05 Å². The molecule has 6 nitrogen and oxygen atoms in total. The summed E-state index contributed by atoms with van der Waals surface area (Å²) in [6, 6.07) is -0.563. The SMILES string of the molecule is CNC(C(N)=O)C(C)n1cncn1. The van der Waals surface area contributed by atoms with Crippen LogP contribution >= 0.6 is 0 Å². The second-order valence-corrected chi connectivity index (χ2v) is 2.78. The molecule has 1 aromatic rings. The van der Waals surface area contributed by atoms with E-state index in [-0.39, 0.29) is 6.04 Å². The molecule has 1 aromatic heterocycles. The van der Waals surface area contributed by atoms with Gasteiger partial charge in [-0.3, -0.25) is 4.79 Å². The van der Waals surface area contributed by atoms with Crippen molar-refractivity contribution in [2.45, 2.75) is 19.0 Å². The number of nitrogens with zero attached hydrogens (tertiary/aromatic N) is 3. The number of amides is 1. The summed E-state index contributed by atoms with van der Waals surface area (Å²) >= 11 is 0. The number of aromatic nitrogens is 3. The minimum atomic E-state index is -0.429. The molecule has 6 heteroatoms. The molecule has 0 spiro atoms. The van der Waals surface area contributed by atoms with E-state index in [1.165, 1.54) is 6.33 Å². The molecule has 0 bridgehead atoms. The Morgan fingerprint density at radius 1 is 1.69 bits per heavy atom. The van der Waals surface area contributed by atoms with Crippen molar-refractivity contribution in [1.29, 1.82) is 0 Å². The summed E-state index contributed by atoms with van der Waals surface area (Å²) in [7, 11) is 1.68. The first-order valence-corrected chi connectivity index (χ1v) is 3.97. The number of carbonyl (C=O) groups excluding carboxylic acids is 1. The lowest BCUT2D eigenvalue weighted by molar-refractivity contribution is -0.120. The fourth-order valence-corrected chi connectivity index (χ4v) is 1.20. The Labute approximate surface area is 76.1 Å². The van der Waals surface area contributed by atoms with E-state index in [0.717, 1.165) is 0 Å². The molecule has 0 aliphatic rings. The van der Waals surface area contributed by atoms with E-state index in [2.05, 4.69) is 15.4 Å². The maximum atomic E-state index is 11.0. The standard InChI is InChI=1S/C7H13N5O/c1-5(6(9-2)7(8)13)12-4-10-3-11-12/h3-6,9H,1-2H3,(H2,8,13). The number of carbonyl (C=O) groups is 1. The molecule has 0 saturated carbocycles. The Hall–Kier alpha value is -1.43. The molecule has 2 atom stereocenters. The normalized spacial score (nSPS) is 15.2. The van der Waals surface area contributed by atoms with E-state index < -0.39 is 11.9 Å². The highest BCUT2D eigenvalue weighted by molar-refractivity contribution is 5.80. The third-order valence-corrected chi connectivity index (χ3v) is 1.95. The third-order valence-electron chi connectivity index (χ3n) is 1.95. The summed E-state index contributed by atoms with van der Waals surface area (Å²) in [5, 5.41) is 6.75. The van der Waals surface area contributed by atoms with E-state index >= 15 is 0 Å². The van der Waals surface area contributed by atoms with Crippen molar-refractivity contribution in [3.63, 3.8) is 0 Å². The molecule has 0 radical (unpaired) electrons. The minimum absolute atomic E-state index is 0.134. The molecule has 0 saturated heterocycles. The Morgan fingerprint density at radius 2 is 2.38 bits per heavy atom. The van der Waals surface area contributed by atoms with Gasteiger partial charge in [-0.2, -0.15) is 5.10 Å². The average Bonchev–Trinajstić information content (AvgIpc) is 2.56. The van der Waals surface area contributed by atoms with Crippen molar-refractivity contribution in [3.8, 4) is 0 Å². The molecule has 72 valence electrons. The molecule has 0 aliphatic heterocycles. The summed E-state index contributed by atoms with van der Waals surface area (Å²) in [6.45, 7) is 1.85. The van der Waals surface area contributed by atoms with Gasteiger partial charge < -0.3 is 11.1 Å². The maximum absolute atomic E-state index is 11.0. The Bertz CT molecular complexity index is 270. The van der Waals surface area contributed by atoms with Crippen LogP contribution in [0.2, 0.25) is 0 Å². The zero-order valence-corrected chi connectivity index (χ0v) is 7.64. The van der Waals surface area contributed by atoms with E-state index in [4.69, 9.17) is 5.73 Å². The lowest BCUT2D eigenvalue weighted by Gasteiger charge is -2.19. The lowest BCUT2D eigenvalue weighted by atomic mass is 10.1. The van der Waals surface area contributed by atoms with Gasteiger partial charge in [-0.25, -0.2) is 9.67 Å². The third kappa shape index (κ3) is 2.03. The molecule has 0 aromatic carbocycles. The van der Waals surface area contributed by atoms with Gasteiger partial charge in [0.2, 0.25) is 5.91 Å². The van der Waals surface area contributed by atoms with Crippen molar-refractivity contribution >= 4 is 5.91 Å². The number of rotatable bonds is 4. The van der Waals surface area contributed by atoms with Gasteiger partial charge in [0.25, 0.3) is 0 Å². The van der Waals surface area contributed by atoms with Gasteiger partial charge in [0, 0.05) is 0 Å². The van der Waals surface area contributed by atoms with Crippen LogP contribution in [0.1, 0.15) is 13.0 Å². The van der Waals surface area contributed by atoms with Crippen LogP contribution in [0.15, 0.2) is 12.7 Å². The molecule has 3 N–H and O–H groups in total. The zero-order valence-electron chi connectivity index (χ0n) is 7.64. The van der Waals surface area contributed by atoms with Crippen LogP contribution in [0.4, 0.5) is 0 Å². The van der Waals surface area contributed by atoms with Gasteiger partial charge >= 0.3 is 0 Å². The van der Waals surface area contributed by atoms with Gasteiger partial charge in [-0.05, 0) is 14.0 Å². The second kappa shape index (κ2) is 3.99. The first-order chi connectivity index (χ1) is 6.16. The lowest BCUT2D eigenvalue weighted by Crippen LogP contribution is -2.44. The van der Waals surface area contributed by atoms with Gasteiger partial charge in [0.15, 0.2) is 0 Å². The van der Waals surface area contributed by atoms with Crippen molar-refractivity contribution in [1.82, 2.24) is 20.1 Å². The first kappa shape index (κ1) is 9.66. The summed E-state index contributed by atoms with van der Waals surface area (Å²) in [5.74, 6) is -0.398. The summed E-state index contributed by atoms with van der Waals surface area (Å²) in [6.07, 6.45) is 2.97. The molecule has 1 amide bonds. The molecule has 0 aliphatic carbocycles. The van der Waals surface area contributed by atoms with E-state index in [0.29, 0.717) is 0 Å². The van der Waals surface area contributed by atoms with Crippen LogP contribution in [0.5, 0.6) is 0 Å². The van der Waals surface area contributed by atoms with E-state index in [1.807, 2.05) is 6.92 Å². The molecule has 13 heavy (non-hydrogen) atoms. The van der Waals surface area contributed by atoms with Gasteiger partial charge in [-0.15, -0.1) is 0 Å². The summed E-state index contributed by atoms with van der Waals surface area (Å²) in [5.41, 5.74) is 5.19. The predicted molar refractivity (Wildman–Crippen MR) is 46.8 cm³/mol. The first-order valence-electron chi connectivity index (χ1n) is 3.97.